The predicted octanol–water partition coefficient (Wildman–Crippen LogP) is 1.29. The Morgan fingerprint density at radius 3 is 2.33 bits per heavy atom. The van der Waals surface area contributed by atoms with Gasteiger partial charge in [0.2, 0.25) is 5.91 Å². The number of carbonyl (C=O) groups is 3. The molecule has 1 heterocycles. The number of aliphatic carboxylic acids is 1. The Hall–Kier alpha value is -1.59. The van der Waals surface area contributed by atoms with Gasteiger partial charge in [-0.3, -0.25) is 14.4 Å². The van der Waals surface area contributed by atoms with E-state index in [-0.39, 0.29) is 17.8 Å². The van der Waals surface area contributed by atoms with E-state index < -0.39 is 17.8 Å². The highest BCUT2D eigenvalue weighted by atomic mass is 16.5. The molecule has 0 aromatic heterocycles. The Labute approximate surface area is 124 Å². The summed E-state index contributed by atoms with van der Waals surface area (Å²) in [6.45, 7) is 0.962. The van der Waals surface area contributed by atoms with Gasteiger partial charge in [-0.15, -0.1) is 0 Å². The second kappa shape index (κ2) is 6.91. The van der Waals surface area contributed by atoms with E-state index in [1.807, 2.05) is 0 Å². The molecule has 6 nitrogen and oxygen atoms in total. The number of ether oxygens (including phenoxy) is 1. The Morgan fingerprint density at radius 1 is 1.05 bits per heavy atom. The van der Waals surface area contributed by atoms with Crippen molar-refractivity contribution in [1.82, 2.24) is 4.90 Å². The molecule has 1 aliphatic carbocycles. The summed E-state index contributed by atoms with van der Waals surface area (Å²) in [6.07, 6.45) is 4.45. The van der Waals surface area contributed by atoms with Gasteiger partial charge in [0.25, 0.3) is 0 Å². The molecule has 1 amide bonds. The first kappa shape index (κ1) is 15.8. The normalized spacial score (nSPS) is 29.8. The zero-order valence-electron chi connectivity index (χ0n) is 12.4. The van der Waals surface area contributed by atoms with Gasteiger partial charge in [-0.1, -0.05) is 12.8 Å². The molecule has 1 saturated carbocycles. The topological polar surface area (TPSA) is 83.9 Å². The summed E-state index contributed by atoms with van der Waals surface area (Å²) in [5, 5.41) is 9.29. The summed E-state index contributed by atoms with van der Waals surface area (Å²) in [6, 6.07) is 0. The Balaban J connectivity index is 2.04. The lowest BCUT2D eigenvalue weighted by molar-refractivity contribution is -0.155. The highest BCUT2D eigenvalue weighted by Gasteiger charge is 2.39. The van der Waals surface area contributed by atoms with Crippen molar-refractivity contribution >= 4 is 17.8 Å². The van der Waals surface area contributed by atoms with Crippen LogP contribution in [0.1, 0.15) is 38.5 Å². The van der Waals surface area contributed by atoms with Gasteiger partial charge >= 0.3 is 11.9 Å². The van der Waals surface area contributed by atoms with Gasteiger partial charge in [-0.25, -0.2) is 0 Å². The van der Waals surface area contributed by atoms with E-state index in [4.69, 9.17) is 4.74 Å². The highest BCUT2D eigenvalue weighted by Crippen LogP contribution is 2.33. The van der Waals surface area contributed by atoms with E-state index in [0.29, 0.717) is 25.9 Å². The monoisotopic (exact) mass is 297 g/mol. The summed E-state index contributed by atoms with van der Waals surface area (Å²) in [4.78, 5) is 37.3. The van der Waals surface area contributed by atoms with Gasteiger partial charge in [0.05, 0.1) is 24.9 Å². The van der Waals surface area contributed by atoms with Crippen molar-refractivity contribution in [2.45, 2.75) is 38.5 Å². The lowest BCUT2D eigenvalue weighted by Gasteiger charge is -2.36. The first-order valence-electron chi connectivity index (χ1n) is 7.64. The van der Waals surface area contributed by atoms with E-state index in [1.165, 1.54) is 7.11 Å². The number of carbonyl (C=O) groups excluding carboxylic acids is 2. The lowest BCUT2D eigenvalue weighted by atomic mass is 9.78. The van der Waals surface area contributed by atoms with Gasteiger partial charge in [-0.05, 0) is 25.7 Å². The van der Waals surface area contributed by atoms with E-state index in [0.717, 1.165) is 25.7 Å². The van der Waals surface area contributed by atoms with Gasteiger partial charge < -0.3 is 14.7 Å². The van der Waals surface area contributed by atoms with Crippen LogP contribution in [0.5, 0.6) is 0 Å². The molecule has 2 fully saturated rings. The molecule has 0 radical (unpaired) electrons. The minimum atomic E-state index is -0.880. The average molecular weight is 297 g/mol. The number of methoxy groups -OCH3 is 1. The number of esters is 1. The van der Waals surface area contributed by atoms with Gasteiger partial charge in [-0.2, -0.15) is 0 Å². The Morgan fingerprint density at radius 2 is 1.71 bits per heavy atom. The van der Waals surface area contributed by atoms with Crippen LogP contribution < -0.4 is 0 Å². The minimum Gasteiger partial charge on any atom is -0.481 e. The van der Waals surface area contributed by atoms with Crippen LogP contribution in [-0.2, 0) is 19.1 Å². The first-order chi connectivity index (χ1) is 10.0. The fourth-order valence-corrected chi connectivity index (χ4v) is 3.49. The van der Waals surface area contributed by atoms with Crippen LogP contribution in [0, 0.1) is 17.8 Å². The number of carboxylic acid groups (broad SMARTS) is 1. The van der Waals surface area contributed by atoms with Gasteiger partial charge in [0.1, 0.15) is 0 Å². The molecule has 3 atom stereocenters. The zero-order chi connectivity index (χ0) is 15.4. The number of rotatable bonds is 3. The average Bonchev–Trinajstić information content (AvgIpc) is 2.53. The van der Waals surface area contributed by atoms with Crippen LogP contribution >= 0.6 is 0 Å². The molecule has 21 heavy (non-hydrogen) atoms. The molecular weight excluding hydrogens is 274 g/mol. The molecule has 1 saturated heterocycles. The largest absolute Gasteiger partial charge is 0.481 e. The summed E-state index contributed by atoms with van der Waals surface area (Å²) < 4.78 is 4.75. The van der Waals surface area contributed by atoms with E-state index in [1.54, 1.807) is 4.90 Å². The molecule has 0 aromatic rings. The van der Waals surface area contributed by atoms with Crippen LogP contribution in [0.4, 0.5) is 0 Å². The number of likely N-dealkylation sites (tertiary alicyclic amines) is 1. The number of carboxylic acids is 1. The molecule has 6 heteroatoms. The molecule has 0 spiro atoms. The first-order valence-corrected chi connectivity index (χ1v) is 7.64. The number of piperidine rings is 1. The quantitative estimate of drug-likeness (QED) is 0.794. The van der Waals surface area contributed by atoms with E-state index in [9.17, 15) is 19.5 Å². The number of amides is 1. The third-order valence-corrected chi connectivity index (χ3v) is 4.67. The fraction of sp³-hybridized carbons (Fsp3) is 0.800. The zero-order valence-corrected chi connectivity index (χ0v) is 12.4. The van der Waals surface area contributed by atoms with Crippen molar-refractivity contribution in [3.05, 3.63) is 0 Å². The second-order valence-electron chi connectivity index (χ2n) is 5.98. The van der Waals surface area contributed by atoms with Crippen molar-refractivity contribution in [3.63, 3.8) is 0 Å². The summed E-state index contributed by atoms with van der Waals surface area (Å²) in [5.41, 5.74) is 0. The smallest absolute Gasteiger partial charge is 0.310 e. The molecular formula is C15H23NO5. The predicted molar refractivity (Wildman–Crippen MR) is 74.4 cm³/mol. The summed E-state index contributed by atoms with van der Waals surface area (Å²) >= 11 is 0. The third kappa shape index (κ3) is 3.54. The van der Waals surface area contributed by atoms with E-state index >= 15 is 0 Å². The molecule has 3 unspecified atom stereocenters. The standard InChI is InChI=1S/C15H23NO5/c1-21-15(20)10-5-4-8-16(9-10)13(17)11-6-2-3-7-12(11)14(18)19/h10-12H,2-9H2,1H3,(H,18,19). The maximum absolute atomic E-state index is 12.6. The molecule has 1 aliphatic heterocycles. The number of hydrogen-bond donors (Lipinski definition) is 1. The van der Waals surface area contributed by atoms with Crippen molar-refractivity contribution < 1.29 is 24.2 Å². The molecule has 0 bridgehead atoms. The van der Waals surface area contributed by atoms with Crippen molar-refractivity contribution in [2.75, 3.05) is 20.2 Å². The number of hydrogen-bond acceptors (Lipinski definition) is 4. The van der Waals surface area contributed by atoms with Gasteiger partial charge in [0.15, 0.2) is 0 Å². The van der Waals surface area contributed by atoms with Crippen LogP contribution in [0.2, 0.25) is 0 Å². The Kier molecular flexibility index (Phi) is 5.20. The van der Waals surface area contributed by atoms with Crippen LogP contribution in [-0.4, -0.2) is 48.1 Å². The minimum absolute atomic E-state index is 0.101. The SMILES string of the molecule is COC(=O)C1CCCN(C(=O)C2CCCCC2C(=O)O)C1. The van der Waals surface area contributed by atoms with Crippen LogP contribution in [0.15, 0.2) is 0 Å². The van der Waals surface area contributed by atoms with Crippen molar-refractivity contribution in [1.29, 1.82) is 0 Å². The molecule has 1 N–H and O–H groups in total. The fourth-order valence-electron chi connectivity index (χ4n) is 3.49. The maximum Gasteiger partial charge on any atom is 0.310 e. The Bertz CT molecular complexity index is 422. The van der Waals surface area contributed by atoms with Crippen LogP contribution in [0.3, 0.4) is 0 Å². The maximum atomic E-state index is 12.6. The molecule has 2 rings (SSSR count). The summed E-state index contributed by atoms with van der Waals surface area (Å²) in [7, 11) is 1.35. The molecule has 0 aromatic carbocycles. The van der Waals surface area contributed by atoms with Crippen molar-refractivity contribution in [3.8, 4) is 0 Å². The molecule has 118 valence electrons. The van der Waals surface area contributed by atoms with Gasteiger partial charge in [0, 0.05) is 13.1 Å². The van der Waals surface area contributed by atoms with Crippen LogP contribution in [0.25, 0.3) is 0 Å². The second-order valence-corrected chi connectivity index (χ2v) is 5.98. The van der Waals surface area contributed by atoms with E-state index in [2.05, 4.69) is 0 Å². The van der Waals surface area contributed by atoms with Crippen molar-refractivity contribution in [2.24, 2.45) is 17.8 Å². The summed E-state index contributed by atoms with van der Waals surface area (Å²) in [5.74, 6) is -2.56. The third-order valence-electron chi connectivity index (χ3n) is 4.67. The number of nitrogens with zero attached hydrogens (tertiary/aromatic N) is 1. The lowest BCUT2D eigenvalue weighted by Crippen LogP contribution is -2.48. The molecule has 2 aliphatic rings. The highest BCUT2D eigenvalue weighted by molar-refractivity contribution is 5.85.